The van der Waals surface area contributed by atoms with Crippen molar-refractivity contribution < 1.29 is 19.5 Å². The Kier molecular flexibility index (Phi) is 4.60. The van der Waals surface area contributed by atoms with Gasteiger partial charge in [-0.05, 0) is 12.5 Å². The van der Waals surface area contributed by atoms with Crippen molar-refractivity contribution in [3.8, 4) is 0 Å². The number of carboxylic acid groups (broad SMARTS) is 1. The number of Topliss-reactive ketones (excluding diaryl/α,β-unsaturated/α-hetero) is 1. The average Bonchev–Trinajstić information content (AvgIpc) is 2.00. The standard InChI is InChI=1S/C8H10O4/c1-2-3-6(9)7(10)4-5-8(11)12/h4-5H,2-3H2,1H3,(H,11,12)/b5-4+. The van der Waals surface area contributed by atoms with Crippen molar-refractivity contribution in [1.29, 1.82) is 0 Å². The molecule has 0 spiro atoms. The summed E-state index contributed by atoms with van der Waals surface area (Å²) in [6.45, 7) is 1.77. The number of hydrogen-bond donors (Lipinski definition) is 1. The third kappa shape index (κ3) is 4.38. The van der Waals surface area contributed by atoms with E-state index in [-0.39, 0.29) is 6.42 Å². The summed E-state index contributed by atoms with van der Waals surface area (Å²) < 4.78 is 0. The van der Waals surface area contributed by atoms with Crippen molar-refractivity contribution in [2.24, 2.45) is 0 Å². The fourth-order valence-electron chi connectivity index (χ4n) is 0.590. The van der Waals surface area contributed by atoms with Crippen molar-refractivity contribution in [3.63, 3.8) is 0 Å². The Balaban J connectivity index is 4.04. The molecule has 0 radical (unpaired) electrons. The summed E-state index contributed by atoms with van der Waals surface area (Å²) in [5, 5.41) is 8.12. The first kappa shape index (κ1) is 10.6. The smallest absolute Gasteiger partial charge is 0.328 e. The van der Waals surface area contributed by atoms with Gasteiger partial charge in [0.05, 0.1) is 0 Å². The fourth-order valence-corrected chi connectivity index (χ4v) is 0.590. The summed E-state index contributed by atoms with van der Waals surface area (Å²) in [6.07, 6.45) is 2.20. The summed E-state index contributed by atoms with van der Waals surface area (Å²) in [6, 6.07) is 0. The molecule has 1 N–H and O–H groups in total. The van der Waals surface area contributed by atoms with Crippen LogP contribution in [0.5, 0.6) is 0 Å². The molecule has 4 heteroatoms. The quantitative estimate of drug-likeness (QED) is 0.483. The maximum absolute atomic E-state index is 10.8. The Morgan fingerprint density at radius 2 is 1.83 bits per heavy atom. The predicted octanol–water partition coefficient (Wildman–Crippen LogP) is 0.565. The highest BCUT2D eigenvalue weighted by molar-refractivity contribution is 6.41. The molecule has 0 amide bonds. The minimum Gasteiger partial charge on any atom is -0.478 e. The van der Waals surface area contributed by atoms with Crippen LogP contribution in [0.1, 0.15) is 19.8 Å². The minimum absolute atomic E-state index is 0.169. The first-order valence-electron chi connectivity index (χ1n) is 3.56. The van der Waals surface area contributed by atoms with Crippen molar-refractivity contribution >= 4 is 17.5 Å². The number of carbonyl (C=O) groups is 3. The van der Waals surface area contributed by atoms with Crippen LogP contribution in [0.3, 0.4) is 0 Å². The molecular weight excluding hydrogens is 160 g/mol. The Morgan fingerprint density at radius 3 is 2.25 bits per heavy atom. The summed E-state index contributed by atoms with van der Waals surface area (Å²) >= 11 is 0. The number of hydrogen-bond acceptors (Lipinski definition) is 3. The van der Waals surface area contributed by atoms with E-state index in [1.54, 1.807) is 6.92 Å². The van der Waals surface area contributed by atoms with Gasteiger partial charge < -0.3 is 5.11 Å². The zero-order chi connectivity index (χ0) is 9.56. The van der Waals surface area contributed by atoms with Gasteiger partial charge in [0.1, 0.15) is 0 Å². The Hall–Kier alpha value is -1.45. The van der Waals surface area contributed by atoms with Gasteiger partial charge in [0.15, 0.2) is 0 Å². The van der Waals surface area contributed by atoms with Crippen LogP contribution < -0.4 is 0 Å². The molecule has 0 saturated heterocycles. The topological polar surface area (TPSA) is 71.4 Å². The molecule has 0 aromatic heterocycles. The maximum Gasteiger partial charge on any atom is 0.328 e. The van der Waals surface area contributed by atoms with E-state index in [1.807, 2.05) is 0 Å². The molecule has 0 aromatic rings. The lowest BCUT2D eigenvalue weighted by molar-refractivity contribution is -0.134. The van der Waals surface area contributed by atoms with E-state index in [0.717, 1.165) is 6.08 Å². The monoisotopic (exact) mass is 170 g/mol. The second-order valence-electron chi connectivity index (χ2n) is 2.21. The van der Waals surface area contributed by atoms with Gasteiger partial charge in [0.25, 0.3) is 0 Å². The van der Waals surface area contributed by atoms with E-state index in [9.17, 15) is 14.4 Å². The van der Waals surface area contributed by atoms with Gasteiger partial charge in [0, 0.05) is 12.5 Å². The van der Waals surface area contributed by atoms with Crippen molar-refractivity contribution in [3.05, 3.63) is 12.2 Å². The van der Waals surface area contributed by atoms with E-state index in [0.29, 0.717) is 12.5 Å². The van der Waals surface area contributed by atoms with Crippen LogP contribution in [0.15, 0.2) is 12.2 Å². The molecule has 0 unspecified atom stereocenters. The summed E-state index contributed by atoms with van der Waals surface area (Å²) in [5.41, 5.74) is 0. The van der Waals surface area contributed by atoms with E-state index in [4.69, 9.17) is 5.11 Å². The van der Waals surface area contributed by atoms with Gasteiger partial charge >= 0.3 is 5.97 Å². The molecule has 0 fully saturated rings. The number of ketones is 2. The molecule has 0 aliphatic carbocycles. The molecule has 0 saturated carbocycles. The van der Waals surface area contributed by atoms with Gasteiger partial charge in [-0.15, -0.1) is 0 Å². The molecule has 4 nitrogen and oxygen atoms in total. The Bertz CT molecular complexity index is 227. The normalized spacial score (nSPS) is 10.1. The lowest BCUT2D eigenvalue weighted by atomic mass is 10.1. The van der Waals surface area contributed by atoms with E-state index >= 15 is 0 Å². The van der Waals surface area contributed by atoms with E-state index in [2.05, 4.69) is 0 Å². The van der Waals surface area contributed by atoms with Crippen molar-refractivity contribution in [1.82, 2.24) is 0 Å². The highest BCUT2D eigenvalue weighted by atomic mass is 16.4. The van der Waals surface area contributed by atoms with E-state index < -0.39 is 17.5 Å². The van der Waals surface area contributed by atoms with Crippen LogP contribution in [0.25, 0.3) is 0 Å². The van der Waals surface area contributed by atoms with Crippen LogP contribution in [-0.2, 0) is 14.4 Å². The number of aliphatic carboxylic acids is 1. The average molecular weight is 170 g/mol. The van der Waals surface area contributed by atoms with Gasteiger partial charge in [-0.2, -0.15) is 0 Å². The van der Waals surface area contributed by atoms with Crippen LogP contribution in [0.4, 0.5) is 0 Å². The lowest BCUT2D eigenvalue weighted by Crippen LogP contribution is -2.10. The van der Waals surface area contributed by atoms with Crippen LogP contribution >= 0.6 is 0 Å². The van der Waals surface area contributed by atoms with Crippen LogP contribution in [0, 0.1) is 0 Å². The third-order valence-electron chi connectivity index (χ3n) is 1.13. The Morgan fingerprint density at radius 1 is 1.25 bits per heavy atom. The molecule has 0 atom stereocenters. The molecule has 0 rings (SSSR count). The number of rotatable bonds is 5. The van der Waals surface area contributed by atoms with Crippen molar-refractivity contribution in [2.75, 3.05) is 0 Å². The van der Waals surface area contributed by atoms with Gasteiger partial charge in [-0.25, -0.2) is 4.79 Å². The summed E-state index contributed by atoms with van der Waals surface area (Å²) in [4.78, 5) is 31.4. The molecule has 66 valence electrons. The molecule has 0 heterocycles. The van der Waals surface area contributed by atoms with E-state index in [1.165, 1.54) is 0 Å². The zero-order valence-electron chi connectivity index (χ0n) is 6.74. The Labute approximate surface area is 69.9 Å². The highest BCUT2D eigenvalue weighted by Crippen LogP contribution is 1.91. The van der Waals surface area contributed by atoms with Crippen molar-refractivity contribution in [2.45, 2.75) is 19.8 Å². The predicted molar refractivity (Wildman–Crippen MR) is 41.7 cm³/mol. The molecule has 0 aromatic carbocycles. The molecular formula is C8H10O4. The third-order valence-corrected chi connectivity index (χ3v) is 1.13. The SMILES string of the molecule is CCCC(=O)C(=O)/C=C/C(=O)O. The number of carboxylic acids is 1. The first-order valence-corrected chi connectivity index (χ1v) is 3.56. The summed E-state index contributed by atoms with van der Waals surface area (Å²) in [7, 11) is 0. The maximum atomic E-state index is 10.8. The second kappa shape index (κ2) is 5.23. The second-order valence-corrected chi connectivity index (χ2v) is 2.21. The largest absolute Gasteiger partial charge is 0.478 e. The molecule has 0 aliphatic heterocycles. The van der Waals surface area contributed by atoms with Gasteiger partial charge in [-0.1, -0.05) is 6.92 Å². The molecule has 0 aliphatic rings. The molecule has 12 heavy (non-hydrogen) atoms. The first-order chi connectivity index (χ1) is 5.57. The molecule has 0 bridgehead atoms. The van der Waals surface area contributed by atoms with Crippen LogP contribution in [-0.4, -0.2) is 22.6 Å². The highest BCUT2D eigenvalue weighted by Gasteiger charge is 2.08. The van der Waals surface area contributed by atoms with Gasteiger partial charge in [-0.3, -0.25) is 9.59 Å². The fraction of sp³-hybridized carbons (Fsp3) is 0.375. The minimum atomic E-state index is -1.23. The number of allylic oxidation sites excluding steroid dienone is 1. The number of carbonyl (C=O) groups excluding carboxylic acids is 2. The lowest BCUT2D eigenvalue weighted by Gasteiger charge is -1.89. The van der Waals surface area contributed by atoms with Crippen LogP contribution in [0.2, 0.25) is 0 Å². The summed E-state index contributed by atoms with van der Waals surface area (Å²) in [5.74, 6) is -2.53. The van der Waals surface area contributed by atoms with Gasteiger partial charge in [0.2, 0.25) is 11.6 Å². The zero-order valence-corrected chi connectivity index (χ0v) is 6.74.